The van der Waals surface area contributed by atoms with Gasteiger partial charge in [-0.15, -0.1) is 10.2 Å². The Bertz CT molecular complexity index is 150. The van der Waals surface area contributed by atoms with Gasteiger partial charge in [-0.3, -0.25) is 0 Å². The summed E-state index contributed by atoms with van der Waals surface area (Å²) in [5.41, 5.74) is 0. The van der Waals surface area contributed by atoms with E-state index in [0.29, 0.717) is 6.10 Å². The molecule has 1 saturated heterocycles. The Labute approximate surface area is 65.6 Å². The molecule has 0 bridgehead atoms. The smallest absolute Gasteiger partial charge is 0.0807 e. The van der Waals surface area contributed by atoms with E-state index in [9.17, 15) is 0 Å². The molecular formula is C7H11N3O. The highest BCUT2D eigenvalue weighted by Crippen LogP contribution is 2.10. The van der Waals surface area contributed by atoms with E-state index < -0.39 is 0 Å². The summed E-state index contributed by atoms with van der Waals surface area (Å²) in [4.78, 5) is 0. The second-order valence-corrected chi connectivity index (χ2v) is 2.17. The lowest BCUT2D eigenvalue weighted by atomic mass is 10.4. The molecule has 4 nitrogen and oxygen atoms in total. The summed E-state index contributed by atoms with van der Waals surface area (Å²) in [6, 6.07) is 1.72. The Morgan fingerprint density at radius 2 is 2.09 bits per heavy atom. The van der Waals surface area contributed by atoms with Crippen molar-refractivity contribution in [1.82, 2.24) is 15.4 Å². The minimum Gasteiger partial charge on any atom is -0.373 e. The van der Waals surface area contributed by atoms with Gasteiger partial charge in [-0.1, -0.05) is 6.92 Å². The number of hydrogen-bond acceptors (Lipinski definition) is 4. The van der Waals surface area contributed by atoms with Crippen molar-refractivity contribution in [2.75, 3.05) is 6.61 Å². The summed E-state index contributed by atoms with van der Waals surface area (Å²) < 4.78 is 4.86. The average Bonchev–Trinajstić information content (AvgIpc) is 2.91. The Hall–Kier alpha value is -1.03. The molecule has 11 heavy (non-hydrogen) atoms. The lowest BCUT2D eigenvalue weighted by molar-refractivity contribution is 0.403. The first kappa shape index (κ1) is 8.07. The van der Waals surface area contributed by atoms with Crippen LogP contribution in [0.25, 0.3) is 0 Å². The molecule has 0 N–H and O–H groups in total. The Morgan fingerprint density at radius 3 is 2.18 bits per heavy atom. The van der Waals surface area contributed by atoms with Gasteiger partial charge in [-0.05, 0) is 17.7 Å². The van der Waals surface area contributed by atoms with E-state index in [1.54, 1.807) is 18.5 Å². The fourth-order valence-electron chi connectivity index (χ4n) is 0.509. The monoisotopic (exact) mass is 153 g/mol. The van der Waals surface area contributed by atoms with Crippen molar-refractivity contribution >= 4 is 0 Å². The summed E-state index contributed by atoms with van der Waals surface area (Å²) in [7, 11) is 0. The standard InChI is InChI=1S/C4H8O.C3H3N3/c1-2-4-3-5-4;1-2-4-6-5-3-1/h4H,2-3H2,1H3;1-3H. The van der Waals surface area contributed by atoms with Crippen LogP contribution in [0.5, 0.6) is 0 Å². The van der Waals surface area contributed by atoms with Crippen LogP contribution in [0, 0.1) is 0 Å². The van der Waals surface area contributed by atoms with Crippen LogP contribution in [0.2, 0.25) is 0 Å². The van der Waals surface area contributed by atoms with Gasteiger partial charge in [0.1, 0.15) is 0 Å². The van der Waals surface area contributed by atoms with Crippen LogP contribution in [0.4, 0.5) is 0 Å². The molecule has 0 radical (unpaired) electrons. The number of rotatable bonds is 1. The first-order chi connectivity index (χ1) is 5.43. The van der Waals surface area contributed by atoms with Crippen molar-refractivity contribution in [3.63, 3.8) is 0 Å². The van der Waals surface area contributed by atoms with Gasteiger partial charge in [-0.2, -0.15) is 0 Å². The van der Waals surface area contributed by atoms with Gasteiger partial charge in [0.15, 0.2) is 0 Å². The minimum absolute atomic E-state index is 0.634. The van der Waals surface area contributed by atoms with Crippen molar-refractivity contribution in [3.8, 4) is 0 Å². The van der Waals surface area contributed by atoms with E-state index in [2.05, 4.69) is 22.3 Å². The zero-order valence-corrected chi connectivity index (χ0v) is 6.47. The van der Waals surface area contributed by atoms with E-state index in [0.717, 1.165) is 6.61 Å². The molecule has 0 amide bonds. The maximum absolute atomic E-state index is 4.86. The predicted octanol–water partition coefficient (Wildman–Crippen LogP) is 0.667. The lowest BCUT2D eigenvalue weighted by Crippen LogP contribution is -1.78. The maximum atomic E-state index is 4.86. The third-order valence-electron chi connectivity index (χ3n) is 1.27. The summed E-state index contributed by atoms with van der Waals surface area (Å²) in [6.07, 6.45) is 4.98. The number of aromatic nitrogens is 3. The first-order valence-corrected chi connectivity index (χ1v) is 3.63. The fourth-order valence-corrected chi connectivity index (χ4v) is 0.509. The molecule has 2 heterocycles. The van der Waals surface area contributed by atoms with Crippen LogP contribution >= 0.6 is 0 Å². The number of nitrogens with zero attached hydrogens (tertiary/aromatic N) is 3. The van der Waals surface area contributed by atoms with Crippen LogP contribution in [-0.4, -0.2) is 28.1 Å². The van der Waals surface area contributed by atoms with E-state index >= 15 is 0 Å². The molecule has 2 rings (SSSR count). The summed E-state index contributed by atoms with van der Waals surface area (Å²) >= 11 is 0. The maximum Gasteiger partial charge on any atom is 0.0807 e. The van der Waals surface area contributed by atoms with E-state index in [1.165, 1.54) is 6.42 Å². The molecule has 0 saturated carbocycles. The van der Waals surface area contributed by atoms with E-state index in [-0.39, 0.29) is 0 Å². The van der Waals surface area contributed by atoms with Crippen molar-refractivity contribution < 1.29 is 4.74 Å². The average molecular weight is 153 g/mol. The zero-order valence-electron chi connectivity index (χ0n) is 6.47. The SMILES string of the molecule is CCC1CO1.c1cnnnc1. The Balaban J connectivity index is 0.000000112. The topological polar surface area (TPSA) is 51.2 Å². The molecule has 1 unspecified atom stereocenters. The van der Waals surface area contributed by atoms with Gasteiger partial charge < -0.3 is 4.74 Å². The van der Waals surface area contributed by atoms with Gasteiger partial charge in [0.2, 0.25) is 0 Å². The third-order valence-corrected chi connectivity index (χ3v) is 1.27. The number of epoxide rings is 1. The minimum atomic E-state index is 0.634. The molecule has 1 atom stereocenters. The molecule has 1 aliphatic rings. The lowest BCUT2D eigenvalue weighted by Gasteiger charge is -1.69. The highest BCUT2D eigenvalue weighted by Gasteiger charge is 2.18. The molecule has 1 aromatic heterocycles. The molecule has 0 aromatic carbocycles. The molecular weight excluding hydrogens is 142 g/mol. The van der Waals surface area contributed by atoms with Crippen molar-refractivity contribution in [3.05, 3.63) is 18.5 Å². The Morgan fingerprint density at radius 1 is 1.45 bits per heavy atom. The molecule has 1 fully saturated rings. The summed E-state index contributed by atoms with van der Waals surface area (Å²) in [5, 5.41) is 10.1. The van der Waals surface area contributed by atoms with Crippen LogP contribution in [0.15, 0.2) is 18.5 Å². The van der Waals surface area contributed by atoms with Gasteiger partial charge in [-0.25, -0.2) is 0 Å². The van der Waals surface area contributed by atoms with Gasteiger partial charge in [0, 0.05) is 0 Å². The second kappa shape index (κ2) is 4.73. The van der Waals surface area contributed by atoms with Crippen LogP contribution in [0.3, 0.4) is 0 Å². The molecule has 4 heteroatoms. The molecule has 1 aromatic rings. The van der Waals surface area contributed by atoms with Gasteiger partial charge in [0.05, 0.1) is 25.1 Å². The zero-order chi connectivity index (χ0) is 7.94. The third kappa shape index (κ3) is 4.38. The first-order valence-electron chi connectivity index (χ1n) is 3.63. The van der Waals surface area contributed by atoms with Crippen LogP contribution in [-0.2, 0) is 4.74 Å². The van der Waals surface area contributed by atoms with Crippen molar-refractivity contribution in [2.24, 2.45) is 0 Å². The van der Waals surface area contributed by atoms with Crippen molar-refractivity contribution in [1.29, 1.82) is 0 Å². The quantitative estimate of drug-likeness (QED) is 0.556. The molecule has 0 spiro atoms. The fraction of sp³-hybridized carbons (Fsp3) is 0.571. The second-order valence-electron chi connectivity index (χ2n) is 2.17. The molecule has 0 aliphatic carbocycles. The van der Waals surface area contributed by atoms with Gasteiger partial charge >= 0.3 is 0 Å². The van der Waals surface area contributed by atoms with E-state index in [4.69, 9.17) is 4.74 Å². The summed E-state index contributed by atoms with van der Waals surface area (Å²) in [5.74, 6) is 0. The van der Waals surface area contributed by atoms with Crippen LogP contribution < -0.4 is 0 Å². The van der Waals surface area contributed by atoms with Gasteiger partial charge in [0.25, 0.3) is 0 Å². The number of ether oxygens (including phenoxy) is 1. The van der Waals surface area contributed by atoms with Crippen LogP contribution in [0.1, 0.15) is 13.3 Å². The van der Waals surface area contributed by atoms with E-state index in [1.807, 2.05) is 0 Å². The summed E-state index contributed by atoms with van der Waals surface area (Å²) in [6.45, 7) is 3.15. The normalized spacial score (nSPS) is 19.9. The molecule has 60 valence electrons. The largest absolute Gasteiger partial charge is 0.373 e. The van der Waals surface area contributed by atoms with Crippen molar-refractivity contribution in [2.45, 2.75) is 19.4 Å². The molecule has 1 aliphatic heterocycles. The number of hydrogen-bond donors (Lipinski definition) is 0. The highest BCUT2D eigenvalue weighted by molar-refractivity contribution is 4.69. The predicted molar refractivity (Wildman–Crippen MR) is 39.9 cm³/mol. The highest BCUT2D eigenvalue weighted by atomic mass is 16.6. The Kier molecular flexibility index (Phi) is 3.47.